The third-order valence-electron chi connectivity index (χ3n) is 4.24. The average molecular weight is 359 g/mol. The predicted octanol–water partition coefficient (Wildman–Crippen LogP) is 2.72. The summed E-state index contributed by atoms with van der Waals surface area (Å²) in [5.74, 6) is 0.118. The summed E-state index contributed by atoms with van der Waals surface area (Å²) in [4.78, 5) is 16.5. The highest BCUT2D eigenvalue weighted by molar-refractivity contribution is 7.92. The highest BCUT2D eigenvalue weighted by Crippen LogP contribution is 2.32. The average Bonchev–Trinajstić information content (AvgIpc) is 3.39. The van der Waals surface area contributed by atoms with Gasteiger partial charge < -0.3 is 5.32 Å². The number of rotatable bonds is 6. The first-order valence-corrected chi connectivity index (χ1v) is 9.69. The van der Waals surface area contributed by atoms with Crippen LogP contribution in [0.5, 0.6) is 0 Å². The molecule has 1 aromatic heterocycles. The fourth-order valence-corrected chi connectivity index (χ4v) is 3.95. The maximum Gasteiger partial charge on any atom is 0.262 e. The van der Waals surface area contributed by atoms with Crippen LogP contribution in [0.15, 0.2) is 47.6 Å². The molecule has 1 unspecified atom stereocenters. The number of carbonyl (C=O) groups excluding carboxylic acids is 1. The minimum absolute atomic E-state index is 0.0391. The van der Waals surface area contributed by atoms with Crippen LogP contribution in [-0.4, -0.2) is 25.4 Å². The van der Waals surface area contributed by atoms with Crippen molar-refractivity contribution in [1.29, 1.82) is 0 Å². The Labute approximate surface area is 147 Å². The van der Waals surface area contributed by atoms with Crippen LogP contribution < -0.4 is 10.0 Å². The minimum atomic E-state index is -3.90. The number of aryl methyl sites for hydroxylation is 1. The van der Waals surface area contributed by atoms with E-state index in [1.807, 2.05) is 13.8 Å². The fourth-order valence-electron chi connectivity index (χ4n) is 2.71. The Hall–Kier alpha value is -2.41. The molecule has 6 nitrogen and oxygen atoms in total. The third kappa shape index (κ3) is 4.17. The van der Waals surface area contributed by atoms with Gasteiger partial charge in [0.25, 0.3) is 15.9 Å². The summed E-state index contributed by atoms with van der Waals surface area (Å²) in [6.07, 6.45) is 5.27. The van der Waals surface area contributed by atoms with Gasteiger partial charge in [0.05, 0.1) is 17.4 Å². The largest absolute Gasteiger partial charge is 0.349 e. The molecule has 1 saturated carbocycles. The zero-order chi connectivity index (χ0) is 18.0. The van der Waals surface area contributed by atoms with Gasteiger partial charge in [0.2, 0.25) is 0 Å². The summed E-state index contributed by atoms with van der Waals surface area (Å²) in [5, 5.41) is 2.90. The Morgan fingerprint density at radius 3 is 2.64 bits per heavy atom. The molecule has 25 heavy (non-hydrogen) atoms. The van der Waals surface area contributed by atoms with E-state index in [1.165, 1.54) is 18.3 Å². The molecular formula is C18H21N3O3S. The molecule has 2 aromatic rings. The van der Waals surface area contributed by atoms with Crippen LogP contribution in [0.4, 0.5) is 5.69 Å². The Balaban J connectivity index is 1.87. The van der Waals surface area contributed by atoms with Crippen molar-refractivity contribution >= 4 is 21.6 Å². The lowest BCUT2D eigenvalue weighted by molar-refractivity contribution is 0.0932. The van der Waals surface area contributed by atoms with E-state index in [0.29, 0.717) is 11.6 Å². The number of aromatic nitrogens is 1. The van der Waals surface area contributed by atoms with Crippen molar-refractivity contribution in [2.75, 3.05) is 4.72 Å². The summed E-state index contributed by atoms with van der Waals surface area (Å²) < 4.78 is 28.0. The molecule has 1 atom stereocenters. The fraction of sp³-hybridized carbons (Fsp3) is 0.333. The number of nitrogens with zero attached hydrogens (tertiary/aromatic N) is 1. The van der Waals surface area contributed by atoms with Crippen LogP contribution in [0.25, 0.3) is 0 Å². The Bertz CT molecular complexity index is 892. The number of carbonyl (C=O) groups is 1. The zero-order valence-corrected chi connectivity index (χ0v) is 15.0. The van der Waals surface area contributed by atoms with E-state index in [1.54, 1.807) is 24.4 Å². The lowest BCUT2D eigenvalue weighted by Crippen LogP contribution is -2.35. The zero-order valence-electron chi connectivity index (χ0n) is 14.2. The molecule has 1 amide bonds. The number of nitrogens with one attached hydrogen (secondary N) is 2. The van der Waals surface area contributed by atoms with Gasteiger partial charge in [-0.1, -0.05) is 12.1 Å². The summed E-state index contributed by atoms with van der Waals surface area (Å²) in [6, 6.07) is 7.94. The molecule has 1 aromatic carbocycles. The molecule has 2 N–H and O–H groups in total. The van der Waals surface area contributed by atoms with Crippen LogP contribution in [0, 0.1) is 12.8 Å². The maximum atomic E-state index is 12.8. The van der Waals surface area contributed by atoms with Gasteiger partial charge in [-0.2, -0.15) is 0 Å². The predicted molar refractivity (Wildman–Crippen MR) is 95.9 cm³/mol. The highest BCUT2D eigenvalue weighted by Gasteiger charge is 2.30. The number of hydrogen-bond donors (Lipinski definition) is 2. The van der Waals surface area contributed by atoms with Gasteiger partial charge >= 0.3 is 0 Å². The first-order chi connectivity index (χ1) is 11.9. The molecular weight excluding hydrogens is 338 g/mol. The van der Waals surface area contributed by atoms with E-state index in [2.05, 4.69) is 15.0 Å². The Morgan fingerprint density at radius 1 is 1.24 bits per heavy atom. The first kappa shape index (κ1) is 17.4. The molecule has 0 bridgehead atoms. The second kappa shape index (κ2) is 6.84. The number of amides is 1. The lowest BCUT2D eigenvalue weighted by atomic mass is 10.1. The van der Waals surface area contributed by atoms with Gasteiger partial charge in [-0.3, -0.25) is 14.5 Å². The quantitative estimate of drug-likeness (QED) is 0.830. The SMILES string of the molecule is Cc1cncc(NS(=O)(=O)c2ccccc2C(=O)NC(C)C2CC2)c1. The number of pyridine rings is 1. The van der Waals surface area contributed by atoms with Gasteiger partial charge in [-0.15, -0.1) is 0 Å². The smallest absolute Gasteiger partial charge is 0.262 e. The molecule has 0 saturated heterocycles. The number of hydrogen-bond acceptors (Lipinski definition) is 4. The first-order valence-electron chi connectivity index (χ1n) is 8.21. The van der Waals surface area contributed by atoms with Crippen molar-refractivity contribution in [2.24, 2.45) is 5.92 Å². The second-order valence-electron chi connectivity index (χ2n) is 6.45. The molecule has 132 valence electrons. The van der Waals surface area contributed by atoms with Gasteiger partial charge in [-0.05, 0) is 56.4 Å². The van der Waals surface area contributed by atoms with Crippen molar-refractivity contribution in [3.63, 3.8) is 0 Å². The number of anilines is 1. The normalized spacial score (nSPS) is 15.4. The van der Waals surface area contributed by atoms with Gasteiger partial charge in [-0.25, -0.2) is 8.42 Å². The molecule has 0 spiro atoms. The van der Waals surface area contributed by atoms with E-state index in [4.69, 9.17) is 0 Å². The van der Waals surface area contributed by atoms with E-state index in [0.717, 1.165) is 18.4 Å². The van der Waals surface area contributed by atoms with E-state index < -0.39 is 10.0 Å². The summed E-state index contributed by atoms with van der Waals surface area (Å²) in [6.45, 7) is 3.77. The van der Waals surface area contributed by atoms with Crippen LogP contribution >= 0.6 is 0 Å². The monoisotopic (exact) mass is 359 g/mol. The molecule has 1 aliphatic carbocycles. The molecule has 0 radical (unpaired) electrons. The standard InChI is InChI=1S/C18H21N3O3S/c1-12-9-15(11-19-10-12)21-25(23,24)17-6-4-3-5-16(17)18(22)20-13(2)14-7-8-14/h3-6,9-11,13-14,21H,7-8H2,1-2H3,(H,20,22). The van der Waals surface area contributed by atoms with Crippen LogP contribution in [0.3, 0.4) is 0 Å². The maximum absolute atomic E-state index is 12.8. The van der Waals surface area contributed by atoms with Crippen molar-refractivity contribution in [3.8, 4) is 0 Å². The van der Waals surface area contributed by atoms with E-state index in [-0.39, 0.29) is 22.4 Å². The van der Waals surface area contributed by atoms with Crippen molar-refractivity contribution < 1.29 is 13.2 Å². The topological polar surface area (TPSA) is 88.2 Å². The molecule has 1 aliphatic rings. The van der Waals surface area contributed by atoms with Gasteiger partial charge in [0.1, 0.15) is 4.90 Å². The van der Waals surface area contributed by atoms with E-state index in [9.17, 15) is 13.2 Å². The third-order valence-corrected chi connectivity index (χ3v) is 5.68. The minimum Gasteiger partial charge on any atom is -0.349 e. The number of sulfonamides is 1. The summed E-state index contributed by atoms with van der Waals surface area (Å²) >= 11 is 0. The molecule has 0 aliphatic heterocycles. The molecule has 1 heterocycles. The van der Waals surface area contributed by atoms with Gasteiger partial charge in [0.15, 0.2) is 0 Å². The summed E-state index contributed by atoms with van der Waals surface area (Å²) in [7, 11) is -3.90. The van der Waals surface area contributed by atoms with Crippen LogP contribution in [0.2, 0.25) is 0 Å². The van der Waals surface area contributed by atoms with Crippen LogP contribution in [-0.2, 0) is 10.0 Å². The number of benzene rings is 1. The second-order valence-corrected chi connectivity index (χ2v) is 8.10. The van der Waals surface area contributed by atoms with E-state index >= 15 is 0 Å². The van der Waals surface area contributed by atoms with Crippen molar-refractivity contribution in [3.05, 3.63) is 53.9 Å². The van der Waals surface area contributed by atoms with Crippen molar-refractivity contribution in [2.45, 2.75) is 37.6 Å². The molecule has 1 fully saturated rings. The summed E-state index contributed by atoms with van der Waals surface area (Å²) in [5.41, 5.74) is 1.34. The van der Waals surface area contributed by atoms with Crippen molar-refractivity contribution in [1.82, 2.24) is 10.3 Å². The van der Waals surface area contributed by atoms with Gasteiger partial charge in [0, 0.05) is 12.2 Å². The molecule has 7 heteroatoms. The lowest BCUT2D eigenvalue weighted by Gasteiger charge is -2.16. The van der Waals surface area contributed by atoms with Crippen LogP contribution in [0.1, 0.15) is 35.7 Å². The Kier molecular flexibility index (Phi) is 4.76. The Morgan fingerprint density at radius 2 is 1.96 bits per heavy atom. The molecule has 3 rings (SSSR count). The highest BCUT2D eigenvalue weighted by atomic mass is 32.2.